The third-order valence-electron chi connectivity index (χ3n) is 14.4. The molecule has 0 bridgehead atoms. The Morgan fingerprint density at radius 1 is 0.435 bits per heavy atom. The van der Waals surface area contributed by atoms with Gasteiger partial charge in [0.25, 0.3) is 0 Å². The van der Waals surface area contributed by atoms with Crippen molar-refractivity contribution in [2.75, 3.05) is 0 Å². The van der Waals surface area contributed by atoms with Crippen LogP contribution in [0.15, 0.2) is 239 Å². The Kier molecular flexibility index (Phi) is 8.85. The van der Waals surface area contributed by atoms with E-state index in [1.54, 1.807) is 11.3 Å². The molecule has 0 radical (unpaired) electrons. The first-order valence-corrected chi connectivity index (χ1v) is 24.3. The molecule has 4 nitrogen and oxygen atoms in total. The highest BCUT2D eigenvalue weighted by atomic mass is 32.1. The van der Waals surface area contributed by atoms with Gasteiger partial charge in [-0.3, -0.25) is 4.99 Å². The minimum Gasteiger partial charge on any atom is -0.456 e. The fraction of sp³-hybridized carbons (Fsp3) is 0.0312. The van der Waals surface area contributed by atoms with Crippen molar-refractivity contribution in [2.45, 2.75) is 12.0 Å². The number of thiophene rings is 1. The molecule has 0 amide bonds. The second-order valence-electron chi connectivity index (χ2n) is 18.1. The van der Waals surface area contributed by atoms with Gasteiger partial charge in [0, 0.05) is 42.1 Å². The number of furan rings is 1. The lowest BCUT2D eigenvalue weighted by Gasteiger charge is -2.30. The maximum atomic E-state index is 6.83. The number of nitrogens with two attached hydrogens (primary N) is 1. The van der Waals surface area contributed by atoms with Gasteiger partial charge in [0.05, 0.1) is 12.0 Å². The highest BCUT2D eigenvalue weighted by Gasteiger charge is 2.51. The summed E-state index contributed by atoms with van der Waals surface area (Å²) in [5.74, 6) is 1.00. The van der Waals surface area contributed by atoms with Gasteiger partial charge >= 0.3 is 0 Å². The summed E-state index contributed by atoms with van der Waals surface area (Å²) in [6.07, 6.45) is 0. The van der Waals surface area contributed by atoms with Crippen LogP contribution in [0.5, 0.6) is 0 Å². The number of nitrogens with zero attached hydrogens (tertiary/aromatic N) is 2. The topological polar surface area (TPSA) is 63.9 Å². The van der Waals surface area contributed by atoms with E-state index in [4.69, 9.17) is 20.1 Å². The number of hydrogen-bond acceptors (Lipinski definition) is 3. The van der Waals surface area contributed by atoms with Crippen molar-refractivity contribution in [1.29, 1.82) is 0 Å². The molecule has 2 heterocycles. The van der Waals surface area contributed by atoms with Gasteiger partial charge in [0.1, 0.15) is 17.0 Å². The molecule has 12 aromatic rings. The van der Waals surface area contributed by atoms with Crippen molar-refractivity contribution in [3.8, 4) is 44.5 Å². The third-order valence-corrected chi connectivity index (χ3v) is 15.6. The van der Waals surface area contributed by atoms with Gasteiger partial charge < -0.3 is 10.2 Å². The second kappa shape index (κ2) is 15.5. The molecule has 0 aliphatic heterocycles. The number of rotatable bonds is 6. The third kappa shape index (κ3) is 6.07. The van der Waals surface area contributed by atoms with Gasteiger partial charge in [-0.2, -0.15) is 0 Å². The van der Waals surface area contributed by atoms with Crippen molar-refractivity contribution in [2.24, 2.45) is 15.7 Å². The number of hydrogen-bond donors (Lipinski definition) is 1. The lowest BCUT2D eigenvalue weighted by Crippen LogP contribution is -2.25. The van der Waals surface area contributed by atoms with Crippen LogP contribution in [0.1, 0.15) is 38.9 Å². The molecule has 0 saturated carbocycles. The molecule has 2 aromatic heterocycles. The maximum absolute atomic E-state index is 6.83. The summed E-state index contributed by atoms with van der Waals surface area (Å²) in [5, 5.41) is 4.51. The van der Waals surface area contributed by atoms with Crippen LogP contribution in [0, 0.1) is 0 Å². The van der Waals surface area contributed by atoms with Crippen molar-refractivity contribution in [1.82, 2.24) is 0 Å². The number of fused-ring (bicyclic) bond motifs is 16. The van der Waals surface area contributed by atoms with Crippen LogP contribution >= 0.6 is 11.3 Å². The van der Waals surface area contributed by atoms with Gasteiger partial charge in [0.15, 0.2) is 5.84 Å². The summed E-state index contributed by atoms with van der Waals surface area (Å²) in [6.45, 7) is 0.390. The minimum atomic E-state index is -0.355. The highest BCUT2D eigenvalue weighted by molar-refractivity contribution is 7.25. The van der Waals surface area contributed by atoms with Crippen molar-refractivity contribution < 1.29 is 4.42 Å². The number of amidine groups is 2. The summed E-state index contributed by atoms with van der Waals surface area (Å²) >= 11 is 1.79. The first-order valence-electron chi connectivity index (χ1n) is 23.4. The van der Waals surface area contributed by atoms with Gasteiger partial charge in [-0.25, -0.2) is 4.99 Å². The zero-order valence-electron chi connectivity index (χ0n) is 37.4. The lowest BCUT2D eigenvalue weighted by molar-refractivity contribution is 0.668. The molecule has 1 spiro atoms. The molecule has 14 rings (SSSR count). The van der Waals surface area contributed by atoms with Crippen LogP contribution in [-0.4, -0.2) is 11.7 Å². The maximum Gasteiger partial charge on any atom is 0.157 e. The average molecular weight is 900 g/mol. The van der Waals surface area contributed by atoms with E-state index in [-0.39, 0.29) is 5.41 Å². The van der Waals surface area contributed by atoms with Crippen LogP contribution in [0.25, 0.3) is 86.6 Å². The van der Waals surface area contributed by atoms with E-state index >= 15 is 0 Å². The summed E-state index contributed by atoms with van der Waals surface area (Å²) in [4.78, 5) is 10.2. The predicted octanol–water partition coefficient (Wildman–Crippen LogP) is 16.0. The largest absolute Gasteiger partial charge is 0.456 e. The molecule has 2 aliphatic rings. The smallest absolute Gasteiger partial charge is 0.157 e. The van der Waals surface area contributed by atoms with Gasteiger partial charge in [0.2, 0.25) is 0 Å². The molecule has 2 aliphatic carbocycles. The summed E-state index contributed by atoms with van der Waals surface area (Å²) in [5.41, 5.74) is 26.2. The van der Waals surface area contributed by atoms with E-state index in [9.17, 15) is 0 Å². The fourth-order valence-electron chi connectivity index (χ4n) is 11.4. The van der Waals surface area contributed by atoms with Gasteiger partial charge in [-0.15, -0.1) is 11.3 Å². The molecule has 2 N–H and O–H groups in total. The molecular weight excluding hydrogens is 859 g/mol. The Bertz CT molecular complexity index is 4090. The first kappa shape index (κ1) is 39.5. The molecule has 324 valence electrons. The molecule has 0 atom stereocenters. The molecule has 0 unspecified atom stereocenters. The Hall–Kier alpha value is -8.64. The molecule has 0 saturated heterocycles. The van der Waals surface area contributed by atoms with E-state index in [0.29, 0.717) is 18.2 Å². The van der Waals surface area contributed by atoms with Crippen LogP contribution in [-0.2, 0) is 12.0 Å². The van der Waals surface area contributed by atoms with Crippen molar-refractivity contribution in [3.05, 3.63) is 263 Å². The van der Waals surface area contributed by atoms with Crippen LogP contribution in [0.2, 0.25) is 0 Å². The molecule has 5 heteroatoms. The minimum absolute atomic E-state index is 0.355. The number of aliphatic imine (C=N–C) groups is 2. The quantitative estimate of drug-likeness (QED) is 0.133. The second-order valence-corrected chi connectivity index (χ2v) is 19.2. The van der Waals surface area contributed by atoms with Crippen molar-refractivity contribution >= 4 is 65.1 Å². The zero-order chi connectivity index (χ0) is 45.6. The van der Waals surface area contributed by atoms with E-state index in [0.717, 1.165) is 49.8 Å². The highest BCUT2D eigenvalue weighted by Crippen LogP contribution is 2.63. The first-order chi connectivity index (χ1) is 34.1. The standard InChI is InChI=1S/C64H41N3OS/c65-62(44-30-33-60-51(37-44)49-22-7-11-27-59(49)69-60)67-63(39-14-2-1-3-15-39)66-38-45-18-13-26-58-61(45)52-36-43(29-32-57(52)68-58)41-17-12-16-40(34-41)42-28-31-56-50(35-42)48-21-6-10-25-55(48)64(56)53-23-8-4-19-46(53)47-20-5-9-24-54(47)64/h1-37H,38H2,(H2,65,66,67). The number of benzene rings is 10. The van der Waals surface area contributed by atoms with E-state index in [1.165, 1.54) is 75.8 Å². The van der Waals surface area contributed by atoms with Crippen LogP contribution in [0.4, 0.5) is 0 Å². The van der Waals surface area contributed by atoms with E-state index in [1.807, 2.05) is 42.5 Å². The molecule has 0 fully saturated rings. The Morgan fingerprint density at radius 2 is 1.04 bits per heavy atom. The Labute approximate surface area is 403 Å². The fourth-order valence-corrected chi connectivity index (χ4v) is 12.5. The van der Waals surface area contributed by atoms with Gasteiger partial charge in [-0.05, 0) is 127 Å². The lowest BCUT2D eigenvalue weighted by atomic mass is 9.70. The Morgan fingerprint density at radius 3 is 1.81 bits per heavy atom. The van der Waals surface area contributed by atoms with Crippen molar-refractivity contribution in [3.63, 3.8) is 0 Å². The van der Waals surface area contributed by atoms with Gasteiger partial charge in [-0.1, -0.05) is 170 Å². The summed E-state index contributed by atoms with van der Waals surface area (Å²) in [6, 6.07) is 80.7. The zero-order valence-corrected chi connectivity index (χ0v) is 38.2. The van der Waals surface area contributed by atoms with E-state index < -0.39 is 0 Å². The normalized spacial score (nSPS) is 13.6. The summed E-state index contributed by atoms with van der Waals surface area (Å²) in [7, 11) is 0. The molecule has 69 heavy (non-hydrogen) atoms. The van der Waals surface area contributed by atoms with E-state index in [2.05, 4.69) is 182 Å². The average Bonchev–Trinajstić information content (AvgIpc) is 4.15. The van der Waals surface area contributed by atoms with Crippen LogP contribution in [0.3, 0.4) is 0 Å². The molecule has 10 aromatic carbocycles. The van der Waals surface area contributed by atoms with Crippen LogP contribution < -0.4 is 5.73 Å². The monoisotopic (exact) mass is 899 g/mol. The SMILES string of the molecule is N/C(=N\C(=N/Cc1cccc2oc3ccc(-c4cccc(-c5ccc6c(c5)-c5ccccc5C65c6ccccc6-c6ccccc65)c4)cc3c12)c1ccccc1)c1ccc2sc3ccccc3c2c1. The predicted molar refractivity (Wildman–Crippen MR) is 288 cm³/mol. The summed E-state index contributed by atoms with van der Waals surface area (Å²) < 4.78 is 8.99. The Balaban J connectivity index is 0.827. The molecular formula is C64H41N3OS.